The molecule has 1 fully saturated rings. The second-order valence-electron chi connectivity index (χ2n) is 8.34. The highest BCUT2D eigenvalue weighted by Crippen LogP contribution is 2.27. The number of aliphatic hydroxyl groups excluding tert-OH is 6. The molecule has 0 aromatic heterocycles. The molecular weight excluding hydrogens is 444 g/mol. The van der Waals surface area contributed by atoms with Gasteiger partial charge in [-0.3, -0.25) is 0 Å². The number of rotatable bonds is 18. The Balaban J connectivity index is 2.65. The van der Waals surface area contributed by atoms with E-state index in [-0.39, 0.29) is 58.0 Å². The average molecular weight is 487 g/mol. The Kier molecular flexibility index (Phi) is 15.8. The molecular formula is C21H42O12. The van der Waals surface area contributed by atoms with Crippen LogP contribution in [0.25, 0.3) is 0 Å². The van der Waals surface area contributed by atoms with E-state index in [1.165, 1.54) is 21.3 Å². The van der Waals surface area contributed by atoms with E-state index in [0.717, 1.165) is 0 Å². The number of hydrogen-bond donors (Lipinski definition) is 6. The molecule has 0 bridgehead atoms. The summed E-state index contributed by atoms with van der Waals surface area (Å²) in [6.45, 7) is -0.473. The van der Waals surface area contributed by atoms with Crippen LogP contribution in [0.4, 0.5) is 0 Å². The number of methoxy groups -OCH3 is 3. The third-order valence-electron chi connectivity index (χ3n) is 5.43. The van der Waals surface area contributed by atoms with E-state index in [1.807, 2.05) is 0 Å². The molecule has 33 heavy (non-hydrogen) atoms. The highest BCUT2D eigenvalue weighted by Gasteiger charge is 2.33. The van der Waals surface area contributed by atoms with E-state index < -0.39 is 36.6 Å². The maximum absolute atomic E-state index is 10.0. The Hall–Kier alpha value is -0.480. The monoisotopic (exact) mass is 486 g/mol. The standard InChI is InChI=1S/C21H42O12/c1-28-7-16(22)19(25)10-31-13-4-14(32-11-20(26)17(23)8-29-2)6-15(5-13)33-12-21(27)18(24)9-30-3/h13-27H,4-12H2,1-3H3. The van der Waals surface area contributed by atoms with E-state index >= 15 is 0 Å². The highest BCUT2D eigenvalue weighted by molar-refractivity contribution is 4.83. The molecule has 6 atom stereocenters. The third-order valence-corrected chi connectivity index (χ3v) is 5.43. The van der Waals surface area contributed by atoms with Gasteiger partial charge in [-0.15, -0.1) is 0 Å². The molecule has 0 aromatic rings. The number of ether oxygens (including phenoxy) is 6. The zero-order valence-corrected chi connectivity index (χ0v) is 19.7. The number of hydrogen-bond acceptors (Lipinski definition) is 12. The van der Waals surface area contributed by atoms with Crippen LogP contribution in [0, 0.1) is 0 Å². The van der Waals surface area contributed by atoms with E-state index in [4.69, 9.17) is 28.4 Å². The van der Waals surface area contributed by atoms with Crippen LogP contribution in [0.5, 0.6) is 0 Å². The Bertz CT molecular complexity index is 412. The van der Waals surface area contributed by atoms with Crippen LogP contribution in [0.2, 0.25) is 0 Å². The quantitative estimate of drug-likeness (QED) is 0.120. The summed E-state index contributed by atoms with van der Waals surface area (Å²) in [5.41, 5.74) is 0. The maximum Gasteiger partial charge on any atom is 0.105 e. The van der Waals surface area contributed by atoms with Gasteiger partial charge in [0.2, 0.25) is 0 Å². The Morgan fingerprint density at radius 2 is 0.667 bits per heavy atom. The van der Waals surface area contributed by atoms with Crippen molar-refractivity contribution in [2.24, 2.45) is 0 Å². The molecule has 0 saturated heterocycles. The highest BCUT2D eigenvalue weighted by atomic mass is 16.5. The van der Waals surface area contributed by atoms with Crippen molar-refractivity contribution in [3.05, 3.63) is 0 Å². The minimum Gasteiger partial charge on any atom is -0.388 e. The zero-order chi connectivity index (χ0) is 24.8. The SMILES string of the molecule is COCC(O)C(O)COC1CC(OCC(O)C(O)COC)CC(OCC(O)C(O)COC)C1. The Morgan fingerprint density at radius 1 is 0.455 bits per heavy atom. The molecule has 0 amide bonds. The van der Waals surface area contributed by atoms with Gasteiger partial charge in [-0.05, 0) is 19.3 Å². The molecule has 12 heteroatoms. The molecule has 0 spiro atoms. The van der Waals surface area contributed by atoms with Gasteiger partial charge in [-0.2, -0.15) is 0 Å². The van der Waals surface area contributed by atoms with Gasteiger partial charge in [0.1, 0.15) is 36.6 Å². The van der Waals surface area contributed by atoms with Crippen LogP contribution < -0.4 is 0 Å². The van der Waals surface area contributed by atoms with Crippen molar-refractivity contribution in [1.29, 1.82) is 0 Å². The molecule has 1 rings (SSSR count). The summed E-state index contributed by atoms with van der Waals surface area (Å²) < 4.78 is 31.8. The van der Waals surface area contributed by atoms with Crippen molar-refractivity contribution in [1.82, 2.24) is 0 Å². The predicted molar refractivity (Wildman–Crippen MR) is 115 cm³/mol. The topological polar surface area (TPSA) is 177 Å². The average Bonchev–Trinajstić information content (AvgIpc) is 2.79. The first-order valence-corrected chi connectivity index (χ1v) is 11.1. The third kappa shape index (κ3) is 12.2. The lowest BCUT2D eigenvalue weighted by atomic mass is 9.92. The minimum atomic E-state index is -1.14. The molecule has 1 aliphatic carbocycles. The van der Waals surface area contributed by atoms with Crippen LogP contribution in [0.3, 0.4) is 0 Å². The molecule has 6 unspecified atom stereocenters. The van der Waals surface area contributed by atoms with Crippen LogP contribution in [-0.4, -0.2) is 147 Å². The van der Waals surface area contributed by atoms with E-state index in [1.54, 1.807) is 0 Å². The smallest absolute Gasteiger partial charge is 0.105 e. The van der Waals surface area contributed by atoms with Crippen LogP contribution in [0.1, 0.15) is 19.3 Å². The van der Waals surface area contributed by atoms with Crippen molar-refractivity contribution in [3.8, 4) is 0 Å². The first-order chi connectivity index (χ1) is 15.7. The van der Waals surface area contributed by atoms with Crippen LogP contribution in [0.15, 0.2) is 0 Å². The summed E-state index contributed by atoms with van der Waals surface area (Å²) in [6.07, 6.45) is -6.53. The zero-order valence-electron chi connectivity index (χ0n) is 19.7. The molecule has 198 valence electrons. The summed E-state index contributed by atoms with van der Waals surface area (Å²) >= 11 is 0. The molecule has 1 aliphatic rings. The van der Waals surface area contributed by atoms with Crippen LogP contribution in [-0.2, 0) is 28.4 Å². The normalized spacial score (nSPS) is 27.0. The van der Waals surface area contributed by atoms with Gasteiger partial charge in [0.15, 0.2) is 0 Å². The summed E-state index contributed by atoms with van der Waals surface area (Å²) in [4.78, 5) is 0. The molecule has 0 aliphatic heterocycles. The fourth-order valence-electron chi connectivity index (χ4n) is 3.46. The lowest BCUT2D eigenvalue weighted by Gasteiger charge is -2.36. The second-order valence-corrected chi connectivity index (χ2v) is 8.34. The Morgan fingerprint density at radius 3 is 0.879 bits per heavy atom. The van der Waals surface area contributed by atoms with Crippen molar-refractivity contribution >= 4 is 0 Å². The lowest BCUT2D eigenvalue weighted by molar-refractivity contribution is -0.148. The first-order valence-electron chi connectivity index (χ1n) is 11.1. The molecule has 0 aromatic carbocycles. The molecule has 0 radical (unpaired) electrons. The lowest BCUT2D eigenvalue weighted by Crippen LogP contribution is -2.43. The molecule has 12 nitrogen and oxygen atoms in total. The van der Waals surface area contributed by atoms with Crippen molar-refractivity contribution in [2.45, 2.75) is 74.2 Å². The van der Waals surface area contributed by atoms with Gasteiger partial charge in [0.05, 0.1) is 58.0 Å². The summed E-state index contributed by atoms with van der Waals surface area (Å²) in [5.74, 6) is 0. The minimum absolute atomic E-state index is 0.0317. The predicted octanol–water partition coefficient (Wildman–Crippen LogP) is -2.57. The first kappa shape index (κ1) is 30.6. The van der Waals surface area contributed by atoms with Gasteiger partial charge in [-0.1, -0.05) is 0 Å². The Labute approximate surface area is 194 Å². The number of aliphatic hydroxyl groups is 6. The maximum atomic E-state index is 10.0. The fraction of sp³-hybridized carbons (Fsp3) is 1.00. The van der Waals surface area contributed by atoms with Gasteiger partial charge in [0.25, 0.3) is 0 Å². The summed E-state index contributed by atoms with van der Waals surface area (Å²) in [7, 11) is 4.24. The fourth-order valence-corrected chi connectivity index (χ4v) is 3.46. The van der Waals surface area contributed by atoms with E-state index in [2.05, 4.69) is 0 Å². The largest absolute Gasteiger partial charge is 0.388 e. The second kappa shape index (κ2) is 17.0. The van der Waals surface area contributed by atoms with Crippen LogP contribution >= 0.6 is 0 Å². The van der Waals surface area contributed by atoms with Gasteiger partial charge < -0.3 is 59.1 Å². The van der Waals surface area contributed by atoms with Crippen molar-refractivity contribution in [2.75, 3.05) is 61.0 Å². The molecule has 6 N–H and O–H groups in total. The van der Waals surface area contributed by atoms with E-state index in [9.17, 15) is 30.6 Å². The van der Waals surface area contributed by atoms with Gasteiger partial charge in [0, 0.05) is 21.3 Å². The van der Waals surface area contributed by atoms with E-state index in [0.29, 0.717) is 19.3 Å². The summed E-state index contributed by atoms with van der Waals surface area (Å²) in [5, 5.41) is 59.5. The summed E-state index contributed by atoms with van der Waals surface area (Å²) in [6, 6.07) is 0. The van der Waals surface area contributed by atoms with Gasteiger partial charge in [-0.25, -0.2) is 0 Å². The van der Waals surface area contributed by atoms with Crippen molar-refractivity contribution in [3.63, 3.8) is 0 Å². The van der Waals surface area contributed by atoms with Gasteiger partial charge >= 0.3 is 0 Å². The van der Waals surface area contributed by atoms with Crippen molar-refractivity contribution < 1.29 is 59.1 Å². The molecule has 1 saturated carbocycles. The molecule has 0 heterocycles.